The first-order chi connectivity index (χ1) is 5.85. The van der Waals surface area contributed by atoms with E-state index in [-0.39, 0.29) is 6.04 Å². The van der Waals surface area contributed by atoms with Crippen LogP contribution < -0.4 is 11.1 Å². The van der Waals surface area contributed by atoms with Crippen molar-refractivity contribution in [2.45, 2.75) is 32.0 Å². The van der Waals surface area contributed by atoms with Gasteiger partial charge in [-0.3, -0.25) is 4.79 Å². The molecule has 0 fully saturated rings. The lowest BCUT2D eigenvalue weighted by Crippen LogP contribution is -2.36. The zero-order chi connectivity index (χ0) is 10.5. The van der Waals surface area contributed by atoms with Gasteiger partial charge in [0.15, 0.2) is 0 Å². The van der Waals surface area contributed by atoms with Gasteiger partial charge in [-0.2, -0.15) is 13.2 Å². The molecule has 3 N–H and O–H groups in total. The van der Waals surface area contributed by atoms with Gasteiger partial charge in [-0.25, -0.2) is 0 Å². The third-order valence-electron chi connectivity index (χ3n) is 1.37. The summed E-state index contributed by atoms with van der Waals surface area (Å²) in [4.78, 5) is 10.7. The van der Waals surface area contributed by atoms with Gasteiger partial charge in [0.25, 0.3) is 0 Å². The number of hydrogen-bond donors (Lipinski definition) is 2. The Morgan fingerprint density at radius 3 is 2.46 bits per heavy atom. The van der Waals surface area contributed by atoms with Crippen molar-refractivity contribution in [3.63, 3.8) is 0 Å². The summed E-state index contributed by atoms with van der Waals surface area (Å²) in [5, 5.41) is 2.20. The molecule has 0 saturated carbocycles. The van der Waals surface area contributed by atoms with Gasteiger partial charge in [-0.15, -0.1) is 0 Å². The molecule has 0 aliphatic carbocycles. The topological polar surface area (TPSA) is 55.1 Å². The van der Waals surface area contributed by atoms with Crippen molar-refractivity contribution in [2.24, 2.45) is 5.73 Å². The predicted octanol–water partition coefficient (Wildman–Crippen LogP) is 0.792. The number of halogens is 3. The summed E-state index contributed by atoms with van der Waals surface area (Å²) < 4.78 is 35.0. The normalized spacial score (nSPS) is 13.9. The van der Waals surface area contributed by atoms with Gasteiger partial charge >= 0.3 is 6.18 Å². The second-order valence-electron chi connectivity index (χ2n) is 2.84. The van der Waals surface area contributed by atoms with Crippen LogP contribution in [-0.4, -0.2) is 24.7 Å². The summed E-state index contributed by atoms with van der Waals surface area (Å²) in [5.74, 6) is -1.01. The highest BCUT2D eigenvalue weighted by molar-refractivity contribution is 5.76. The molecule has 0 saturated heterocycles. The average Bonchev–Trinajstić information content (AvgIpc) is 1.81. The molecule has 1 atom stereocenters. The van der Waals surface area contributed by atoms with E-state index in [4.69, 9.17) is 5.73 Å². The first-order valence-corrected chi connectivity index (χ1v) is 3.91. The monoisotopic (exact) mass is 198 g/mol. The summed E-state index contributed by atoms with van der Waals surface area (Å²) in [5.41, 5.74) is 5.16. The molecule has 0 aromatic rings. The van der Waals surface area contributed by atoms with Crippen LogP contribution in [0.5, 0.6) is 0 Å². The van der Waals surface area contributed by atoms with E-state index in [0.717, 1.165) is 0 Å². The highest BCUT2D eigenvalue weighted by Crippen LogP contribution is 2.18. The molecule has 6 heteroatoms. The van der Waals surface area contributed by atoms with Crippen LogP contribution in [0.25, 0.3) is 0 Å². The summed E-state index contributed by atoms with van der Waals surface area (Å²) in [6, 6.07) is -0.306. The smallest absolute Gasteiger partial charge is 0.353 e. The number of hydrogen-bond acceptors (Lipinski definition) is 2. The van der Waals surface area contributed by atoms with Crippen molar-refractivity contribution in [1.82, 2.24) is 5.32 Å². The molecule has 0 rings (SSSR count). The maximum absolute atomic E-state index is 11.7. The van der Waals surface area contributed by atoms with Crippen molar-refractivity contribution >= 4 is 5.91 Å². The number of rotatable bonds is 4. The molecule has 0 aromatic carbocycles. The van der Waals surface area contributed by atoms with Crippen LogP contribution in [0.2, 0.25) is 0 Å². The quantitative estimate of drug-likeness (QED) is 0.701. The molecule has 3 nitrogen and oxygen atoms in total. The molecule has 0 aliphatic heterocycles. The minimum Gasteiger partial charge on any atom is -0.353 e. The zero-order valence-electron chi connectivity index (χ0n) is 7.32. The first kappa shape index (κ1) is 12.2. The molecule has 13 heavy (non-hydrogen) atoms. The Bertz CT molecular complexity index is 170. The third-order valence-corrected chi connectivity index (χ3v) is 1.37. The number of alkyl halides is 3. The van der Waals surface area contributed by atoms with Crippen molar-refractivity contribution in [3.05, 3.63) is 0 Å². The average molecular weight is 198 g/mol. The number of nitrogens with two attached hydrogens (primary N) is 1. The summed E-state index contributed by atoms with van der Waals surface area (Å²) in [6.07, 6.45) is -5.39. The van der Waals surface area contributed by atoms with E-state index in [1.54, 1.807) is 6.92 Å². The number of nitrogens with one attached hydrogen (secondary N) is 1. The Kier molecular flexibility index (Phi) is 4.76. The van der Waals surface area contributed by atoms with E-state index in [1.807, 2.05) is 0 Å². The highest BCUT2D eigenvalue weighted by Gasteiger charge is 2.31. The van der Waals surface area contributed by atoms with Crippen molar-refractivity contribution in [2.75, 3.05) is 6.54 Å². The minimum absolute atomic E-state index is 0.306. The molecule has 0 bridgehead atoms. The molecule has 0 heterocycles. The molecule has 1 unspecified atom stereocenters. The Morgan fingerprint density at radius 1 is 1.54 bits per heavy atom. The summed E-state index contributed by atoms with van der Waals surface area (Å²) >= 11 is 0. The van der Waals surface area contributed by atoms with E-state index in [9.17, 15) is 18.0 Å². The summed E-state index contributed by atoms with van der Waals surface area (Å²) in [6.45, 7) is 1.95. The number of carbonyl (C=O) groups is 1. The fourth-order valence-corrected chi connectivity index (χ4v) is 0.830. The third kappa shape index (κ3) is 7.58. The van der Waals surface area contributed by atoms with E-state index in [2.05, 4.69) is 5.32 Å². The maximum Gasteiger partial charge on any atom is 0.397 e. The van der Waals surface area contributed by atoms with Crippen molar-refractivity contribution in [3.8, 4) is 0 Å². The van der Waals surface area contributed by atoms with Crippen LogP contribution in [0.3, 0.4) is 0 Å². The molecule has 0 aliphatic rings. The largest absolute Gasteiger partial charge is 0.397 e. The Hall–Kier alpha value is -0.780. The van der Waals surface area contributed by atoms with Gasteiger partial charge in [0.1, 0.15) is 6.42 Å². The molecule has 1 amide bonds. The van der Waals surface area contributed by atoms with Crippen LogP contribution in [0.15, 0.2) is 0 Å². The maximum atomic E-state index is 11.7. The minimum atomic E-state index is -4.44. The van der Waals surface area contributed by atoms with Crippen molar-refractivity contribution in [1.29, 1.82) is 0 Å². The number of carbonyl (C=O) groups excluding carboxylic acids is 1. The Balaban J connectivity index is 3.74. The lowest BCUT2D eigenvalue weighted by Gasteiger charge is -2.13. The second-order valence-corrected chi connectivity index (χ2v) is 2.84. The summed E-state index contributed by atoms with van der Waals surface area (Å²) in [7, 11) is 0. The van der Waals surface area contributed by atoms with Crippen LogP contribution >= 0.6 is 0 Å². The predicted molar refractivity (Wildman–Crippen MR) is 41.9 cm³/mol. The van der Waals surface area contributed by atoms with Crippen LogP contribution in [0.1, 0.15) is 19.8 Å². The Labute approximate surface area is 74.5 Å². The lowest BCUT2D eigenvalue weighted by atomic mass is 10.2. The van der Waals surface area contributed by atoms with E-state index in [1.165, 1.54) is 0 Å². The molecule has 0 radical (unpaired) electrons. The fraction of sp³-hybridized carbons (Fsp3) is 0.857. The molecule has 0 spiro atoms. The van der Waals surface area contributed by atoms with Gasteiger partial charge in [-0.1, -0.05) is 0 Å². The molecular weight excluding hydrogens is 185 g/mol. The number of amides is 1. The standard InChI is InChI=1S/C7H13F3N2O/c1-5(2-3-11)12-6(13)4-7(8,9)10/h5H,2-4,11H2,1H3,(H,12,13). The molecular formula is C7H13F3N2O. The van der Waals surface area contributed by atoms with Gasteiger partial charge in [0.2, 0.25) is 5.91 Å². The van der Waals surface area contributed by atoms with Crippen molar-refractivity contribution < 1.29 is 18.0 Å². The second kappa shape index (κ2) is 5.06. The van der Waals surface area contributed by atoms with Gasteiger partial charge in [0.05, 0.1) is 0 Å². The van der Waals surface area contributed by atoms with Gasteiger partial charge in [0, 0.05) is 6.04 Å². The first-order valence-electron chi connectivity index (χ1n) is 3.91. The van der Waals surface area contributed by atoms with E-state index >= 15 is 0 Å². The Morgan fingerprint density at radius 2 is 2.08 bits per heavy atom. The van der Waals surface area contributed by atoms with Gasteiger partial charge < -0.3 is 11.1 Å². The molecule has 78 valence electrons. The van der Waals surface area contributed by atoms with Crippen LogP contribution in [0, 0.1) is 0 Å². The van der Waals surface area contributed by atoms with Crippen LogP contribution in [0.4, 0.5) is 13.2 Å². The SMILES string of the molecule is CC(CCN)NC(=O)CC(F)(F)F. The lowest BCUT2D eigenvalue weighted by molar-refractivity contribution is -0.154. The molecule has 0 aromatic heterocycles. The fourth-order valence-electron chi connectivity index (χ4n) is 0.830. The highest BCUT2D eigenvalue weighted by atomic mass is 19.4. The van der Waals surface area contributed by atoms with E-state index < -0.39 is 18.5 Å². The van der Waals surface area contributed by atoms with Crippen LogP contribution in [-0.2, 0) is 4.79 Å². The zero-order valence-corrected chi connectivity index (χ0v) is 7.32. The van der Waals surface area contributed by atoms with E-state index in [0.29, 0.717) is 13.0 Å². The van der Waals surface area contributed by atoms with Gasteiger partial charge in [-0.05, 0) is 19.9 Å².